The topological polar surface area (TPSA) is 43.4 Å². The summed E-state index contributed by atoms with van der Waals surface area (Å²) in [5, 5.41) is 0. The Hall–Kier alpha value is -1.65. The zero-order valence-corrected chi connectivity index (χ0v) is 11.3. The summed E-state index contributed by atoms with van der Waals surface area (Å²) in [4.78, 5) is 0.301. The Bertz CT molecular complexity index is 592. The third-order valence-corrected chi connectivity index (χ3v) is 4.19. The van der Waals surface area contributed by atoms with Crippen molar-refractivity contribution in [2.45, 2.75) is 11.3 Å². The number of hydrogen-bond acceptors (Lipinski definition) is 3. The van der Waals surface area contributed by atoms with Crippen molar-refractivity contribution in [3.05, 3.63) is 66.2 Å². The van der Waals surface area contributed by atoms with Crippen LogP contribution in [-0.2, 0) is 21.0 Å². The van der Waals surface area contributed by atoms with E-state index < -0.39 is 9.84 Å². The van der Waals surface area contributed by atoms with Crippen molar-refractivity contribution in [1.29, 1.82) is 0 Å². The van der Waals surface area contributed by atoms with E-state index in [1.54, 1.807) is 30.3 Å². The standard InChI is InChI=1S/C15H16O3S/c16-19(17,15-9-5-2-6-10-15)13-18-12-11-14-7-3-1-4-8-14/h1-10H,11-13H2. The van der Waals surface area contributed by atoms with Crippen LogP contribution in [0.25, 0.3) is 0 Å². The van der Waals surface area contributed by atoms with Crippen LogP contribution in [0.3, 0.4) is 0 Å². The highest BCUT2D eigenvalue weighted by molar-refractivity contribution is 7.91. The van der Waals surface area contributed by atoms with Crippen LogP contribution in [0.5, 0.6) is 0 Å². The normalized spacial score (nSPS) is 11.4. The monoisotopic (exact) mass is 276 g/mol. The minimum atomic E-state index is -3.34. The Morgan fingerprint density at radius 2 is 1.42 bits per heavy atom. The van der Waals surface area contributed by atoms with Crippen LogP contribution in [0.15, 0.2) is 65.6 Å². The molecule has 0 aromatic heterocycles. The molecule has 0 saturated heterocycles. The summed E-state index contributed by atoms with van der Waals surface area (Å²) < 4.78 is 29.1. The zero-order valence-electron chi connectivity index (χ0n) is 10.5. The molecule has 2 aromatic rings. The lowest BCUT2D eigenvalue weighted by atomic mass is 10.2. The summed E-state index contributed by atoms with van der Waals surface area (Å²) >= 11 is 0. The molecule has 0 N–H and O–H groups in total. The van der Waals surface area contributed by atoms with E-state index in [2.05, 4.69) is 0 Å². The summed E-state index contributed by atoms with van der Waals surface area (Å²) in [5.74, 6) is -0.274. The van der Waals surface area contributed by atoms with Gasteiger partial charge in [0.15, 0.2) is 5.94 Å². The molecule has 0 heterocycles. The van der Waals surface area contributed by atoms with Gasteiger partial charge in [0.25, 0.3) is 0 Å². The van der Waals surface area contributed by atoms with E-state index >= 15 is 0 Å². The van der Waals surface area contributed by atoms with Crippen LogP contribution in [-0.4, -0.2) is 21.0 Å². The molecule has 0 atom stereocenters. The average molecular weight is 276 g/mol. The molecule has 0 spiro atoms. The summed E-state index contributed by atoms with van der Waals surface area (Å²) in [6, 6.07) is 18.2. The molecule has 0 radical (unpaired) electrons. The predicted molar refractivity (Wildman–Crippen MR) is 74.6 cm³/mol. The van der Waals surface area contributed by atoms with Gasteiger partial charge in [-0.25, -0.2) is 8.42 Å². The second-order valence-corrected chi connectivity index (χ2v) is 6.13. The number of ether oxygens (including phenoxy) is 1. The van der Waals surface area contributed by atoms with E-state index in [-0.39, 0.29) is 5.94 Å². The Balaban J connectivity index is 1.83. The van der Waals surface area contributed by atoms with Crippen molar-refractivity contribution in [2.75, 3.05) is 12.5 Å². The van der Waals surface area contributed by atoms with Gasteiger partial charge < -0.3 is 4.74 Å². The predicted octanol–water partition coefficient (Wildman–Crippen LogP) is 2.68. The maximum absolute atomic E-state index is 11.9. The van der Waals surface area contributed by atoms with Crippen LogP contribution in [0.2, 0.25) is 0 Å². The number of hydrogen-bond donors (Lipinski definition) is 0. The third kappa shape index (κ3) is 4.19. The van der Waals surface area contributed by atoms with Gasteiger partial charge in [-0.2, -0.15) is 0 Å². The second-order valence-electron chi connectivity index (χ2n) is 4.19. The highest BCUT2D eigenvalue weighted by Gasteiger charge is 2.13. The van der Waals surface area contributed by atoms with Crippen molar-refractivity contribution >= 4 is 9.84 Å². The summed E-state index contributed by atoms with van der Waals surface area (Å²) in [5.41, 5.74) is 1.14. The fourth-order valence-electron chi connectivity index (χ4n) is 1.70. The first-order valence-corrected chi connectivity index (χ1v) is 7.73. The van der Waals surface area contributed by atoms with Gasteiger partial charge in [-0.05, 0) is 24.1 Å². The third-order valence-electron chi connectivity index (χ3n) is 2.72. The van der Waals surface area contributed by atoms with Crippen molar-refractivity contribution in [3.63, 3.8) is 0 Å². The first kappa shape index (κ1) is 13.8. The van der Waals surface area contributed by atoms with E-state index in [0.29, 0.717) is 17.9 Å². The first-order chi connectivity index (χ1) is 9.18. The average Bonchev–Trinajstić information content (AvgIpc) is 2.46. The maximum atomic E-state index is 11.9. The van der Waals surface area contributed by atoms with Crippen LogP contribution < -0.4 is 0 Å². The Morgan fingerprint density at radius 1 is 0.842 bits per heavy atom. The van der Waals surface area contributed by atoms with E-state index in [0.717, 1.165) is 5.56 Å². The van der Waals surface area contributed by atoms with Crippen molar-refractivity contribution in [1.82, 2.24) is 0 Å². The maximum Gasteiger partial charge on any atom is 0.202 e. The summed E-state index contributed by atoms with van der Waals surface area (Å²) in [6.07, 6.45) is 0.713. The Morgan fingerprint density at radius 3 is 2.05 bits per heavy atom. The van der Waals surface area contributed by atoms with Gasteiger partial charge >= 0.3 is 0 Å². The van der Waals surface area contributed by atoms with Gasteiger partial charge in [-0.15, -0.1) is 0 Å². The zero-order chi connectivity index (χ0) is 13.6. The highest BCUT2D eigenvalue weighted by Crippen LogP contribution is 2.10. The van der Waals surface area contributed by atoms with E-state index in [1.165, 1.54) is 0 Å². The molecule has 19 heavy (non-hydrogen) atoms. The van der Waals surface area contributed by atoms with Crippen LogP contribution in [0, 0.1) is 0 Å². The molecule has 2 aromatic carbocycles. The molecule has 2 rings (SSSR count). The second kappa shape index (κ2) is 6.50. The Labute approximate surface area is 113 Å². The molecule has 0 bridgehead atoms. The molecule has 0 aliphatic rings. The molecule has 0 fully saturated rings. The largest absolute Gasteiger partial charge is 0.365 e. The minimum absolute atomic E-state index is 0.274. The lowest BCUT2D eigenvalue weighted by molar-refractivity contribution is 0.180. The lowest BCUT2D eigenvalue weighted by Gasteiger charge is -2.06. The van der Waals surface area contributed by atoms with Gasteiger partial charge in [0.2, 0.25) is 9.84 Å². The van der Waals surface area contributed by atoms with Gasteiger partial charge in [0, 0.05) is 0 Å². The quantitative estimate of drug-likeness (QED) is 0.762. The molecular weight excluding hydrogens is 260 g/mol. The molecule has 4 heteroatoms. The van der Waals surface area contributed by atoms with Crippen molar-refractivity contribution in [3.8, 4) is 0 Å². The molecule has 0 saturated carbocycles. The van der Waals surface area contributed by atoms with E-state index in [4.69, 9.17) is 4.74 Å². The van der Waals surface area contributed by atoms with E-state index in [1.807, 2.05) is 30.3 Å². The van der Waals surface area contributed by atoms with Gasteiger partial charge in [-0.1, -0.05) is 48.5 Å². The fraction of sp³-hybridized carbons (Fsp3) is 0.200. The van der Waals surface area contributed by atoms with Crippen molar-refractivity contribution < 1.29 is 13.2 Å². The highest BCUT2D eigenvalue weighted by atomic mass is 32.2. The molecular formula is C15H16O3S. The molecule has 0 aliphatic carbocycles. The van der Waals surface area contributed by atoms with Crippen LogP contribution >= 0.6 is 0 Å². The fourth-order valence-corrected chi connectivity index (χ4v) is 2.74. The van der Waals surface area contributed by atoms with E-state index in [9.17, 15) is 8.42 Å². The summed E-state index contributed by atoms with van der Waals surface area (Å²) in [7, 11) is -3.34. The Kier molecular flexibility index (Phi) is 4.71. The smallest absolute Gasteiger partial charge is 0.202 e. The van der Waals surface area contributed by atoms with Crippen LogP contribution in [0.4, 0.5) is 0 Å². The SMILES string of the molecule is O=S(=O)(COCCc1ccccc1)c1ccccc1. The molecule has 100 valence electrons. The molecule has 3 nitrogen and oxygen atoms in total. The van der Waals surface area contributed by atoms with Gasteiger partial charge in [-0.3, -0.25) is 0 Å². The van der Waals surface area contributed by atoms with Crippen molar-refractivity contribution in [2.24, 2.45) is 0 Å². The number of sulfone groups is 1. The number of benzene rings is 2. The molecule has 0 aliphatic heterocycles. The summed E-state index contributed by atoms with van der Waals surface area (Å²) in [6.45, 7) is 0.399. The number of rotatable bonds is 6. The molecule has 0 amide bonds. The van der Waals surface area contributed by atoms with Crippen LogP contribution in [0.1, 0.15) is 5.56 Å². The lowest BCUT2D eigenvalue weighted by Crippen LogP contribution is -2.11. The van der Waals surface area contributed by atoms with Gasteiger partial charge in [0.05, 0.1) is 11.5 Å². The minimum Gasteiger partial charge on any atom is -0.365 e. The first-order valence-electron chi connectivity index (χ1n) is 6.08. The molecule has 0 unspecified atom stereocenters. The van der Waals surface area contributed by atoms with Gasteiger partial charge in [0.1, 0.15) is 0 Å².